The van der Waals surface area contributed by atoms with Crippen LogP contribution in [0.1, 0.15) is 32.6 Å². The van der Waals surface area contributed by atoms with E-state index in [0.717, 1.165) is 25.3 Å². The van der Waals surface area contributed by atoms with Crippen molar-refractivity contribution in [3.05, 3.63) is 28.3 Å². The Labute approximate surface area is 171 Å². The van der Waals surface area contributed by atoms with Crippen molar-refractivity contribution in [2.24, 2.45) is 5.92 Å². The fraction of sp³-hybridized carbons (Fsp3) is 0.632. The molecule has 0 aromatic heterocycles. The molecule has 0 spiro atoms. The molecule has 29 heavy (non-hydrogen) atoms. The fourth-order valence-corrected chi connectivity index (χ4v) is 5.53. The number of rotatable bonds is 5. The molecule has 2 aliphatic rings. The summed E-state index contributed by atoms with van der Waals surface area (Å²) < 4.78 is 27.4. The maximum absolute atomic E-state index is 13.0. The van der Waals surface area contributed by atoms with E-state index in [2.05, 4.69) is 6.92 Å². The molecule has 160 valence electrons. The lowest BCUT2D eigenvalue weighted by Crippen LogP contribution is -2.43. The summed E-state index contributed by atoms with van der Waals surface area (Å²) in [7, 11) is -0.480. The molecule has 0 unspecified atom stereocenters. The van der Waals surface area contributed by atoms with Gasteiger partial charge in [-0.15, -0.1) is 0 Å². The van der Waals surface area contributed by atoms with Crippen molar-refractivity contribution in [1.82, 2.24) is 9.21 Å². The van der Waals surface area contributed by atoms with Crippen LogP contribution in [0.5, 0.6) is 0 Å². The van der Waals surface area contributed by atoms with Gasteiger partial charge in [-0.3, -0.25) is 14.9 Å². The first kappa shape index (κ1) is 21.5. The number of nitrogens with zero attached hydrogens (tertiary/aromatic N) is 4. The zero-order valence-electron chi connectivity index (χ0n) is 17.1. The monoisotopic (exact) mass is 424 g/mol. The van der Waals surface area contributed by atoms with Gasteiger partial charge in [0.05, 0.1) is 9.82 Å². The first-order valence-corrected chi connectivity index (χ1v) is 11.3. The molecule has 3 rings (SSSR count). The molecule has 1 aromatic carbocycles. The molecule has 0 aliphatic carbocycles. The van der Waals surface area contributed by atoms with E-state index in [9.17, 15) is 23.3 Å². The van der Waals surface area contributed by atoms with Gasteiger partial charge in [-0.05, 0) is 43.7 Å². The molecule has 1 aromatic rings. The average molecular weight is 425 g/mol. The first-order valence-electron chi connectivity index (χ1n) is 9.89. The first-order chi connectivity index (χ1) is 13.6. The van der Waals surface area contributed by atoms with Gasteiger partial charge < -0.3 is 9.80 Å². The van der Waals surface area contributed by atoms with Crippen LogP contribution < -0.4 is 4.90 Å². The Bertz CT molecular complexity index is 894. The lowest BCUT2D eigenvalue weighted by Gasteiger charge is -2.30. The third-order valence-electron chi connectivity index (χ3n) is 5.81. The molecule has 1 amide bonds. The average Bonchev–Trinajstić information content (AvgIpc) is 3.16. The summed E-state index contributed by atoms with van der Waals surface area (Å²) in [6, 6.07) is 3.55. The number of hydrogen-bond acceptors (Lipinski definition) is 6. The second-order valence-electron chi connectivity index (χ2n) is 8.08. The fourth-order valence-electron chi connectivity index (χ4n) is 4.04. The van der Waals surface area contributed by atoms with Gasteiger partial charge in [-0.2, -0.15) is 4.31 Å². The summed E-state index contributed by atoms with van der Waals surface area (Å²) in [5.74, 6) is 0.357. The predicted molar refractivity (Wildman–Crippen MR) is 109 cm³/mol. The smallest absolute Gasteiger partial charge is 0.293 e. The lowest BCUT2D eigenvalue weighted by molar-refractivity contribution is -0.384. The summed E-state index contributed by atoms with van der Waals surface area (Å²) in [4.78, 5) is 26.8. The third-order valence-corrected chi connectivity index (χ3v) is 7.71. The van der Waals surface area contributed by atoms with E-state index in [0.29, 0.717) is 37.7 Å². The number of nitro benzene ring substituents is 1. The molecule has 0 bridgehead atoms. The molecule has 0 radical (unpaired) electrons. The Morgan fingerprint density at radius 3 is 2.41 bits per heavy atom. The van der Waals surface area contributed by atoms with Gasteiger partial charge in [-0.25, -0.2) is 8.42 Å². The molecule has 1 atom stereocenters. The zero-order chi connectivity index (χ0) is 21.3. The molecule has 0 saturated carbocycles. The number of hydrogen-bond donors (Lipinski definition) is 0. The summed E-state index contributed by atoms with van der Waals surface area (Å²) in [6.07, 6.45) is 2.91. The van der Waals surface area contributed by atoms with Gasteiger partial charge in [-0.1, -0.05) is 6.92 Å². The molecule has 9 nitrogen and oxygen atoms in total. The lowest BCUT2D eigenvalue weighted by atomic mass is 10.0. The van der Waals surface area contributed by atoms with Crippen LogP contribution in [0, 0.1) is 16.0 Å². The van der Waals surface area contributed by atoms with Crippen molar-refractivity contribution >= 4 is 27.3 Å². The van der Waals surface area contributed by atoms with Crippen molar-refractivity contribution in [3.8, 4) is 0 Å². The SMILES string of the molecule is CC1CCN(S(=O)(=O)c2ccc(N3CCC[C@@H]3C(=O)N(C)C)c([N+](=O)[O-])c2)CC1. The molecule has 2 heterocycles. The third kappa shape index (κ3) is 4.23. The van der Waals surface area contributed by atoms with E-state index >= 15 is 0 Å². The van der Waals surface area contributed by atoms with Crippen molar-refractivity contribution in [2.45, 2.75) is 43.5 Å². The minimum Gasteiger partial charge on any atom is -0.354 e. The molecule has 2 aliphatic heterocycles. The normalized spacial score (nSPS) is 21.3. The molecular formula is C19H28N4O5S. The highest BCUT2D eigenvalue weighted by Gasteiger charge is 2.36. The zero-order valence-corrected chi connectivity index (χ0v) is 17.9. The van der Waals surface area contributed by atoms with Crippen molar-refractivity contribution in [1.29, 1.82) is 0 Å². The van der Waals surface area contributed by atoms with Crippen LogP contribution in [0.2, 0.25) is 0 Å². The number of nitro groups is 1. The number of sulfonamides is 1. The topological polar surface area (TPSA) is 104 Å². The van der Waals surface area contributed by atoms with Crippen LogP contribution in [0.3, 0.4) is 0 Å². The van der Waals surface area contributed by atoms with E-state index in [1.165, 1.54) is 21.3 Å². The number of anilines is 1. The summed E-state index contributed by atoms with van der Waals surface area (Å²) >= 11 is 0. The number of likely N-dealkylation sites (N-methyl/N-ethyl adjacent to an activating group) is 1. The Morgan fingerprint density at radius 1 is 1.17 bits per heavy atom. The molecule has 10 heteroatoms. The highest BCUT2D eigenvalue weighted by molar-refractivity contribution is 7.89. The second kappa shape index (κ2) is 8.27. The van der Waals surface area contributed by atoms with E-state index < -0.39 is 21.0 Å². The summed E-state index contributed by atoms with van der Waals surface area (Å²) in [5, 5.41) is 11.8. The van der Waals surface area contributed by atoms with Crippen LogP contribution in [-0.2, 0) is 14.8 Å². The minimum atomic E-state index is -3.79. The number of benzene rings is 1. The summed E-state index contributed by atoms with van der Waals surface area (Å²) in [5.41, 5.74) is 0.00817. The van der Waals surface area contributed by atoms with Crippen LogP contribution in [0.15, 0.2) is 23.1 Å². The van der Waals surface area contributed by atoms with Gasteiger partial charge >= 0.3 is 0 Å². The standard InChI is InChI=1S/C19H28N4O5S/c1-14-8-11-21(12-9-14)29(27,28)15-6-7-16(18(13-15)23(25)26)22-10-4-5-17(22)19(24)20(2)3/h6-7,13-14,17H,4-5,8-12H2,1-3H3/t17-/m1/s1. The van der Waals surface area contributed by atoms with Crippen molar-refractivity contribution < 1.29 is 18.1 Å². The van der Waals surface area contributed by atoms with E-state index in [1.807, 2.05) is 0 Å². The Morgan fingerprint density at radius 2 is 1.83 bits per heavy atom. The van der Waals surface area contributed by atoms with Gasteiger partial charge in [0.1, 0.15) is 11.7 Å². The van der Waals surface area contributed by atoms with Gasteiger partial charge in [0.25, 0.3) is 5.69 Å². The van der Waals surface area contributed by atoms with E-state index in [4.69, 9.17) is 0 Å². The Balaban J connectivity index is 1.96. The molecular weight excluding hydrogens is 396 g/mol. The highest BCUT2D eigenvalue weighted by atomic mass is 32.2. The van der Waals surface area contributed by atoms with Gasteiger partial charge in [0, 0.05) is 39.8 Å². The maximum Gasteiger partial charge on any atom is 0.293 e. The molecule has 2 saturated heterocycles. The number of piperidine rings is 1. The van der Waals surface area contributed by atoms with Crippen molar-refractivity contribution in [2.75, 3.05) is 38.6 Å². The number of carbonyl (C=O) groups is 1. The highest BCUT2D eigenvalue weighted by Crippen LogP contribution is 2.36. The Hall–Kier alpha value is -2.20. The van der Waals surface area contributed by atoms with Crippen LogP contribution >= 0.6 is 0 Å². The van der Waals surface area contributed by atoms with E-state index in [-0.39, 0.29) is 16.5 Å². The Kier molecular flexibility index (Phi) is 6.13. The largest absolute Gasteiger partial charge is 0.354 e. The number of amides is 1. The van der Waals surface area contributed by atoms with Crippen LogP contribution in [-0.4, -0.2) is 68.2 Å². The molecule has 0 N–H and O–H groups in total. The van der Waals surface area contributed by atoms with Crippen LogP contribution in [0.25, 0.3) is 0 Å². The quantitative estimate of drug-likeness (QED) is 0.529. The molecule has 2 fully saturated rings. The predicted octanol–water partition coefficient (Wildman–Crippen LogP) is 2.07. The van der Waals surface area contributed by atoms with E-state index in [1.54, 1.807) is 19.0 Å². The van der Waals surface area contributed by atoms with Gasteiger partial charge in [0.15, 0.2) is 0 Å². The minimum absolute atomic E-state index is 0.0720. The summed E-state index contributed by atoms with van der Waals surface area (Å²) in [6.45, 7) is 3.45. The number of carbonyl (C=O) groups excluding carboxylic acids is 1. The van der Waals surface area contributed by atoms with Crippen LogP contribution in [0.4, 0.5) is 11.4 Å². The van der Waals surface area contributed by atoms with Gasteiger partial charge in [0.2, 0.25) is 15.9 Å². The second-order valence-corrected chi connectivity index (χ2v) is 10.0. The van der Waals surface area contributed by atoms with Crippen molar-refractivity contribution in [3.63, 3.8) is 0 Å². The maximum atomic E-state index is 13.0.